The molecule has 0 bridgehead atoms. The van der Waals surface area contributed by atoms with Gasteiger partial charge in [0.05, 0.1) is 22.8 Å². The summed E-state index contributed by atoms with van der Waals surface area (Å²) in [6.07, 6.45) is 4.35. The first-order valence-corrected chi connectivity index (χ1v) is 10.4. The van der Waals surface area contributed by atoms with Crippen LogP contribution in [-0.4, -0.2) is 33.6 Å². The molecule has 1 aromatic carbocycles. The Bertz CT molecular complexity index is 761. The summed E-state index contributed by atoms with van der Waals surface area (Å²) in [4.78, 5) is 4.50. The van der Waals surface area contributed by atoms with Gasteiger partial charge >= 0.3 is 0 Å². The van der Waals surface area contributed by atoms with Crippen molar-refractivity contribution in [1.82, 2.24) is 9.71 Å². The van der Waals surface area contributed by atoms with E-state index in [1.54, 1.807) is 7.11 Å². The number of aromatic nitrogens is 1. The Balaban J connectivity index is 1.49. The highest BCUT2D eigenvalue weighted by Crippen LogP contribution is 2.28. The van der Waals surface area contributed by atoms with Gasteiger partial charge < -0.3 is 14.5 Å². The molecule has 1 aliphatic rings. The largest absolute Gasteiger partial charge is 0.497 e. The highest BCUT2D eigenvalue weighted by molar-refractivity contribution is 7.84. The molecule has 0 amide bonds. The number of anilines is 1. The molecule has 0 radical (unpaired) electrons. The Labute approximate surface area is 157 Å². The number of benzene rings is 1. The first kappa shape index (κ1) is 19.2. The molecular formula is C19H29N3O3S. The van der Waals surface area contributed by atoms with Gasteiger partial charge in [-0.05, 0) is 64.5 Å². The molecule has 1 fully saturated rings. The van der Waals surface area contributed by atoms with E-state index < -0.39 is 11.0 Å². The van der Waals surface area contributed by atoms with Crippen LogP contribution in [0.4, 0.5) is 6.01 Å². The topological polar surface area (TPSA) is 76.4 Å². The second kappa shape index (κ2) is 7.96. The zero-order valence-electron chi connectivity index (χ0n) is 16.0. The lowest BCUT2D eigenvalue weighted by Gasteiger charge is -2.29. The standard InChI is InChI=1S/C19H29N3O3S/c1-19(2,3)26(23)20-12-13-5-7-14(8-6-13)21-18-22-16-10-9-15(24-4)11-17(16)25-18/h9-11,13-14,20H,5-8,12H2,1-4H3,(H,21,22). The monoisotopic (exact) mass is 379 g/mol. The maximum Gasteiger partial charge on any atom is 0.295 e. The number of nitrogens with one attached hydrogen (secondary N) is 2. The number of rotatable bonds is 6. The van der Waals surface area contributed by atoms with Crippen LogP contribution in [0, 0.1) is 5.92 Å². The summed E-state index contributed by atoms with van der Waals surface area (Å²) in [5.41, 5.74) is 1.56. The summed E-state index contributed by atoms with van der Waals surface area (Å²) in [5.74, 6) is 1.34. The normalized spacial score (nSPS) is 22.3. The number of nitrogens with zero attached hydrogens (tertiary/aromatic N) is 1. The van der Waals surface area contributed by atoms with E-state index in [-0.39, 0.29) is 4.75 Å². The molecule has 2 aromatic rings. The van der Waals surface area contributed by atoms with E-state index in [0.29, 0.717) is 18.0 Å². The van der Waals surface area contributed by atoms with E-state index in [0.717, 1.165) is 49.1 Å². The van der Waals surface area contributed by atoms with Crippen molar-refractivity contribution in [1.29, 1.82) is 0 Å². The number of hydrogen-bond donors (Lipinski definition) is 2. The molecule has 1 atom stereocenters. The highest BCUT2D eigenvalue weighted by atomic mass is 32.2. The van der Waals surface area contributed by atoms with Gasteiger partial charge in [0.1, 0.15) is 11.3 Å². The van der Waals surface area contributed by atoms with E-state index in [1.807, 2.05) is 39.0 Å². The Kier molecular flexibility index (Phi) is 5.87. The van der Waals surface area contributed by atoms with Crippen LogP contribution in [0.2, 0.25) is 0 Å². The Morgan fingerprint density at radius 3 is 2.65 bits per heavy atom. The van der Waals surface area contributed by atoms with Crippen LogP contribution in [0.15, 0.2) is 22.6 Å². The van der Waals surface area contributed by atoms with E-state index >= 15 is 0 Å². The van der Waals surface area contributed by atoms with E-state index in [9.17, 15) is 4.21 Å². The first-order chi connectivity index (χ1) is 12.3. The van der Waals surface area contributed by atoms with Gasteiger partial charge in [-0.15, -0.1) is 0 Å². The SMILES string of the molecule is COc1ccc2nc(NC3CCC(CNS(=O)C(C)(C)C)CC3)oc2c1. The van der Waals surface area contributed by atoms with Crippen LogP contribution in [0.25, 0.3) is 11.1 Å². The van der Waals surface area contributed by atoms with Crippen molar-refractivity contribution in [2.24, 2.45) is 5.92 Å². The van der Waals surface area contributed by atoms with Crippen molar-refractivity contribution in [2.75, 3.05) is 19.0 Å². The fraction of sp³-hybridized carbons (Fsp3) is 0.632. The van der Waals surface area contributed by atoms with Gasteiger partial charge in [-0.2, -0.15) is 4.98 Å². The minimum Gasteiger partial charge on any atom is -0.497 e. The van der Waals surface area contributed by atoms with Crippen LogP contribution < -0.4 is 14.8 Å². The zero-order valence-corrected chi connectivity index (χ0v) is 16.8. The summed E-state index contributed by atoms with van der Waals surface area (Å²) in [6.45, 7) is 6.80. The smallest absolute Gasteiger partial charge is 0.295 e. The van der Waals surface area contributed by atoms with E-state index in [1.165, 1.54) is 0 Å². The average Bonchev–Trinajstić information content (AvgIpc) is 3.01. The van der Waals surface area contributed by atoms with Crippen LogP contribution in [0.5, 0.6) is 5.75 Å². The van der Waals surface area contributed by atoms with Crippen molar-refractivity contribution in [3.8, 4) is 5.75 Å². The van der Waals surface area contributed by atoms with Crippen LogP contribution >= 0.6 is 0 Å². The summed E-state index contributed by atoms with van der Waals surface area (Å²) in [7, 11) is 0.648. The molecule has 7 heteroatoms. The predicted octanol–water partition coefficient (Wildman–Crippen LogP) is 3.86. The second-order valence-electron chi connectivity index (χ2n) is 7.94. The van der Waals surface area contributed by atoms with E-state index in [4.69, 9.17) is 9.15 Å². The lowest BCUT2D eigenvalue weighted by atomic mass is 9.86. The third kappa shape index (κ3) is 4.76. The van der Waals surface area contributed by atoms with Gasteiger partial charge in [-0.1, -0.05) is 0 Å². The van der Waals surface area contributed by atoms with Gasteiger partial charge in [0.15, 0.2) is 5.58 Å². The molecule has 6 nitrogen and oxygen atoms in total. The molecule has 144 valence electrons. The molecule has 0 saturated heterocycles. The molecule has 1 aliphatic carbocycles. The third-order valence-electron chi connectivity index (χ3n) is 4.83. The first-order valence-electron chi connectivity index (χ1n) is 9.21. The highest BCUT2D eigenvalue weighted by Gasteiger charge is 2.25. The van der Waals surface area contributed by atoms with Crippen molar-refractivity contribution in [3.05, 3.63) is 18.2 Å². The van der Waals surface area contributed by atoms with Gasteiger partial charge in [-0.25, -0.2) is 8.93 Å². The Morgan fingerprint density at radius 1 is 1.27 bits per heavy atom. The van der Waals surface area contributed by atoms with Gasteiger partial charge in [0, 0.05) is 18.7 Å². The van der Waals surface area contributed by atoms with Crippen molar-refractivity contribution in [2.45, 2.75) is 57.2 Å². The van der Waals surface area contributed by atoms with Gasteiger partial charge in [0.25, 0.3) is 6.01 Å². The zero-order chi connectivity index (χ0) is 18.7. The van der Waals surface area contributed by atoms with Crippen molar-refractivity contribution < 1.29 is 13.4 Å². The second-order valence-corrected chi connectivity index (χ2v) is 10.00. The molecular weight excluding hydrogens is 350 g/mol. The summed E-state index contributed by atoms with van der Waals surface area (Å²) < 4.78 is 26.1. The summed E-state index contributed by atoms with van der Waals surface area (Å²) in [5, 5.41) is 3.42. The lowest BCUT2D eigenvalue weighted by Crippen LogP contribution is -2.37. The molecule has 26 heavy (non-hydrogen) atoms. The fourth-order valence-corrected chi connectivity index (χ4v) is 4.01. The summed E-state index contributed by atoms with van der Waals surface area (Å²) >= 11 is 0. The van der Waals surface area contributed by atoms with Crippen molar-refractivity contribution in [3.63, 3.8) is 0 Å². The third-order valence-corrected chi connectivity index (χ3v) is 6.37. The van der Waals surface area contributed by atoms with E-state index in [2.05, 4.69) is 15.0 Å². The van der Waals surface area contributed by atoms with Gasteiger partial charge in [0.2, 0.25) is 0 Å². The number of oxazole rings is 1. The molecule has 1 saturated carbocycles. The minimum atomic E-state index is -0.992. The predicted molar refractivity (Wildman–Crippen MR) is 106 cm³/mol. The molecule has 1 aromatic heterocycles. The number of fused-ring (bicyclic) bond motifs is 1. The minimum absolute atomic E-state index is 0.214. The fourth-order valence-electron chi connectivity index (χ4n) is 3.19. The van der Waals surface area contributed by atoms with Crippen LogP contribution in [0.1, 0.15) is 46.5 Å². The molecule has 1 unspecified atom stereocenters. The maximum absolute atomic E-state index is 12.1. The number of methoxy groups -OCH3 is 1. The number of hydrogen-bond acceptors (Lipinski definition) is 5. The Morgan fingerprint density at radius 2 is 2.00 bits per heavy atom. The summed E-state index contributed by atoms with van der Waals surface area (Å²) in [6, 6.07) is 6.58. The molecule has 1 heterocycles. The van der Waals surface area contributed by atoms with Gasteiger partial charge in [-0.3, -0.25) is 0 Å². The average molecular weight is 380 g/mol. The molecule has 0 spiro atoms. The van der Waals surface area contributed by atoms with Crippen LogP contribution in [0.3, 0.4) is 0 Å². The molecule has 0 aliphatic heterocycles. The van der Waals surface area contributed by atoms with Crippen LogP contribution in [-0.2, 0) is 11.0 Å². The molecule has 2 N–H and O–H groups in total. The lowest BCUT2D eigenvalue weighted by molar-refractivity contribution is 0.335. The number of ether oxygens (including phenoxy) is 1. The Hall–Kier alpha value is -1.60. The quantitative estimate of drug-likeness (QED) is 0.797. The molecule has 3 rings (SSSR count). The maximum atomic E-state index is 12.1. The van der Waals surface area contributed by atoms with Crippen molar-refractivity contribution >= 4 is 28.1 Å².